The van der Waals surface area contributed by atoms with Crippen LogP contribution in [0.2, 0.25) is 0 Å². The molecule has 1 aliphatic carbocycles. The minimum atomic E-state index is -0.0676. The molecule has 1 aliphatic heterocycles. The Bertz CT molecular complexity index is 556. The number of hydrogen-bond donors (Lipinski definition) is 1. The van der Waals surface area contributed by atoms with Crippen LogP contribution in [0.3, 0.4) is 0 Å². The molecule has 22 heavy (non-hydrogen) atoms. The minimum Gasteiger partial charge on any atom is -0.352 e. The van der Waals surface area contributed by atoms with Crippen LogP contribution in [0.15, 0.2) is 23.4 Å². The zero-order valence-corrected chi connectivity index (χ0v) is 13.4. The molecular formula is C16H21N3O2S. The molecule has 0 radical (unpaired) electrons. The number of nitrogens with one attached hydrogen (secondary N) is 1. The highest BCUT2D eigenvalue weighted by Gasteiger charge is 2.27. The molecular weight excluding hydrogens is 298 g/mol. The summed E-state index contributed by atoms with van der Waals surface area (Å²) < 4.78 is 0. The van der Waals surface area contributed by atoms with Crippen molar-refractivity contribution in [1.82, 2.24) is 10.3 Å². The fourth-order valence-electron chi connectivity index (χ4n) is 3.06. The molecule has 1 aromatic heterocycles. The predicted molar refractivity (Wildman–Crippen MR) is 86.9 cm³/mol. The van der Waals surface area contributed by atoms with E-state index < -0.39 is 0 Å². The number of carbonyl (C=O) groups excluding carboxylic acids is 2. The lowest BCUT2D eigenvalue weighted by Gasteiger charge is -2.28. The first-order valence-electron chi connectivity index (χ1n) is 7.91. The highest BCUT2D eigenvalue weighted by Crippen LogP contribution is 2.32. The summed E-state index contributed by atoms with van der Waals surface area (Å²) in [5.74, 6) is 0.254. The summed E-state index contributed by atoms with van der Waals surface area (Å²) in [7, 11) is 0. The summed E-state index contributed by atoms with van der Waals surface area (Å²) >= 11 is 1.43. The van der Waals surface area contributed by atoms with Gasteiger partial charge in [0.2, 0.25) is 11.8 Å². The molecule has 1 saturated carbocycles. The standard InChI is InChI=1S/C16H21N3O2S/c20-14(18-12-6-3-1-2-4-7-12)10-19-13-8-5-9-17-16(13)22-11-15(19)21/h5,8-9,12H,1-4,6-7,10-11H2,(H,18,20). The number of carbonyl (C=O) groups is 2. The lowest BCUT2D eigenvalue weighted by atomic mass is 10.1. The van der Waals surface area contributed by atoms with Crippen molar-refractivity contribution in [2.45, 2.75) is 49.6 Å². The summed E-state index contributed by atoms with van der Waals surface area (Å²) in [5.41, 5.74) is 0.750. The molecule has 0 spiro atoms. The molecule has 6 heteroatoms. The van der Waals surface area contributed by atoms with Gasteiger partial charge in [-0.3, -0.25) is 14.5 Å². The molecule has 0 atom stereocenters. The largest absolute Gasteiger partial charge is 0.352 e. The van der Waals surface area contributed by atoms with E-state index in [0.29, 0.717) is 5.75 Å². The van der Waals surface area contributed by atoms with Crippen LogP contribution >= 0.6 is 11.8 Å². The zero-order chi connectivity index (χ0) is 15.4. The van der Waals surface area contributed by atoms with Gasteiger partial charge in [0.05, 0.1) is 11.4 Å². The smallest absolute Gasteiger partial charge is 0.240 e. The van der Waals surface area contributed by atoms with Crippen molar-refractivity contribution < 1.29 is 9.59 Å². The Labute approximate surface area is 134 Å². The summed E-state index contributed by atoms with van der Waals surface area (Å²) in [5, 5.41) is 3.92. The molecule has 0 unspecified atom stereocenters. The zero-order valence-electron chi connectivity index (χ0n) is 12.6. The van der Waals surface area contributed by atoms with Crippen LogP contribution in [0.5, 0.6) is 0 Å². The maximum absolute atomic E-state index is 12.3. The summed E-state index contributed by atoms with van der Waals surface area (Å²) in [4.78, 5) is 30.3. The first-order valence-corrected chi connectivity index (χ1v) is 8.90. The monoisotopic (exact) mass is 319 g/mol. The van der Waals surface area contributed by atoms with Crippen LogP contribution in [0.1, 0.15) is 38.5 Å². The molecule has 3 rings (SSSR count). The van der Waals surface area contributed by atoms with E-state index in [2.05, 4.69) is 10.3 Å². The maximum atomic E-state index is 12.3. The van der Waals surface area contributed by atoms with Crippen LogP contribution in [-0.4, -0.2) is 35.1 Å². The van der Waals surface area contributed by atoms with Crippen molar-refractivity contribution in [1.29, 1.82) is 0 Å². The Morgan fingerprint density at radius 2 is 2.09 bits per heavy atom. The molecule has 5 nitrogen and oxygen atoms in total. The van der Waals surface area contributed by atoms with Crippen molar-refractivity contribution in [2.24, 2.45) is 0 Å². The molecule has 1 N–H and O–H groups in total. The highest BCUT2D eigenvalue weighted by molar-refractivity contribution is 8.00. The van der Waals surface area contributed by atoms with Crippen molar-refractivity contribution in [3.05, 3.63) is 18.3 Å². The fraction of sp³-hybridized carbons (Fsp3) is 0.562. The number of rotatable bonds is 3. The van der Waals surface area contributed by atoms with Crippen LogP contribution in [0.4, 0.5) is 5.69 Å². The first kappa shape index (κ1) is 15.3. The topological polar surface area (TPSA) is 62.3 Å². The first-order chi connectivity index (χ1) is 10.7. The van der Waals surface area contributed by atoms with Gasteiger partial charge in [0, 0.05) is 12.2 Å². The van der Waals surface area contributed by atoms with Crippen molar-refractivity contribution in [2.75, 3.05) is 17.2 Å². The van der Waals surface area contributed by atoms with Gasteiger partial charge in [0.15, 0.2) is 0 Å². The van der Waals surface area contributed by atoms with Gasteiger partial charge in [0.25, 0.3) is 0 Å². The molecule has 2 amide bonds. The van der Waals surface area contributed by atoms with Gasteiger partial charge in [-0.25, -0.2) is 4.98 Å². The lowest BCUT2D eigenvalue weighted by Crippen LogP contribution is -2.46. The van der Waals surface area contributed by atoms with Crippen LogP contribution in [0, 0.1) is 0 Å². The van der Waals surface area contributed by atoms with Gasteiger partial charge in [0.1, 0.15) is 11.6 Å². The van der Waals surface area contributed by atoms with Gasteiger partial charge in [-0.15, -0.1) is 0 Å². The number of thioether (sulfide) groups is 1. The van der Waals surface area contributed by atoms with Crippen LogP contribution in [-0.2, 0) is 9.59 Å². The van der Waals surface area contributed by atoms with E-state index in [-0.39, 0.29) is 24.4 Å². The molecule has 2 heterocycles. The van der Waals surface area contributed by atoms with E-state index in [1.807, 2.05) is 6.07 Å². The second kappa shape index (κ2) is 7.13. The Hall–Kier alpha value is -1.56. The van der Waals surface area contributed by atoms with E-state index in [0.717, 1.165) is 23.6 Å². The third-order valence-corrected chi connectivity index (χ3v) is 5.18. The maximum Gasteiger partial charge on any atom is 0.240 e. The summed E-state index contributed by atoms with van der Waals surface area (Å²) in [6, 6.07) is 3.91. The number of hydrogen-bond acceptors (Lipinski definition) is 4. The number of pyridine rings is 1. The average molecular weight is 319 g/mol. The highest BCUT2D eigenvalue weighted by atomic mass is 32.2. The SMILES string of the molecule is O=C(CN1C(=O)CSc2ncccc21)NC1CCCCCC1. The van der Waals surface area contributed by atoms with E-state index in [1.54, 1.807) is 17.2 Å². The average Bonchev–Trinajstić information content (AvgIpc) is 2.79. The molecule has 1 fully saturated rings. The van der Waals surface area contributed by atoms with Crippen LogP contribution in [0.25, 0.3) is 0 Å². The minimum absolute atomic E-state index is 0.0264. The van der Waals surface area contributed by atoms with Gasteiger partial charge in [-0.2, -0.15) is 0 Å². The summed E-state index contributed by atoms with van der Waals surface area (Å²) in [6.45, 7) is 0.0919. The second-order valence-corrected chi connectivity index (χ2v) is 6.82. The fourth-order valence-corrected chi connectivity index (χ4v) is 3.93. The van der Waals surface area contributed by atoms with Crippen molar-refractivity contribution in [3.8, 4) is 0 Å². The molecule has 0 saturated heterocycles. The second-order valence-electron chi connectivity index (χ2n) is 5.85. The van der Waals surface area contributed by atoms with Crippen molar-refractivity contribution in [3.63, 3.8) is 0 Å². The third-order valence-electron chi connectivity index (χ3n) is 4.20. The van der Waals surface area contributed by atoms with E-state index >= 15 is 0 Å². The van der Waals surface area contributed by atoms with Gasteiger partial charge >= 0.3 is 0 Å². The number of amides is 2. The van der Waals surface area contributed by atoms with Gasteiger partial charge in [-0.1, -0.05) is 37.4 Å². The molecule has 118 valence electrons. The Balaban J connectivity index is 1.64. The number of nitrogens with zero attached hydrogens (tertiary/aromatic N) is 2. The van der Waals surface area contributed by atoms with Gasteiger partial charge < -0.3 is 5.32 Å². The van der Waals surface area contributed by atoms with Gasteiger partial charge in [-0.05, 0) is 25.0 Å². The van der Waals surface area contributed by atoms with Crippen LogP contribution < -0.4 is 10.2 Å². The molecule has 0 aromatic carbocycles. The normalized spacial score (nSPS) is 19.5. The molecule has 2 aliphatic rings. The van der Waals surface area contributed by atoms with E-state index in [9.17, 15) is 9.59 Å². The number of anilines is 1. The summed E-state index contributed by atoms with van der Waals surface area (Å²) in [6.07, 6.45) is 8.68. The van der Waals surface area contributed by atoms with E-state index in [4.69, 9.17) is 0 Å². The predicted octanol–water partition coefficient (Wildman–Crippen LogP) is 2.36. The lowest BCUT2D eigenvalue weighted by molar-refractivity contribution is -0.123. The number of fused-ring (bicyclic) bond motifs is 1. The number of aromatic nitrogens is 1. The van der Waals surface area contributed by atoms with Crippen molar-refractivity contribution >= 4 is 29.3 Å². The Morgan fingerprint density at radius 3 is 2.86 bits per heavy atom. The third kappa shape index (κ3) is 3.61. The Kier molecular flexibility index (Phi) is 4.97. The Morgan fingerprint density at radius 1 is 1.32 bits per heavy atom. The quantitative estimate of drug-likeness (QED) is 0.869. The molecule has 0 bridgehead atoms. The van der Waals surface area contributed by atoms with E-state index in [1.165, 1.54) is 37.4 Å². The molecule has 1 aromatic rings.